The molecule has 0 fully saturated rings. The van der Waals surface area contributed by atoms with E-state index in [1.165, 1.54) is 47.2 Å². The molecule has 0 aliphatic carbocycles. The molecule has 0 aliphatic heterocycles. The highest BCUT2D eigenvalue weighted by molar-refractivity contribution is 7.93. The number of alkyl halides is 6. The van der Waals surface area contributed by atoms with Gasteiger partial charge in [0.1, 0.15) is 0 Å². The predicted octanol–water partition coefficient (Wildman–Crippen LogP) is 5.18. The normalized spacial score (nSPS) is 12.7. The zero-order valence-electron chi connectivity index (χ0n) is 18.5. The van der Waals surface area contributed by atoms with Gasteiger partial charge < -0.3 is 4.98 Å². The van der Waals surface area contributed by atoms with E-state index in [0.717, 1.165) is 24.3 Å². The van der Waals surface area contributed by atoms with Crippen LogP contribution < -0.4 is 4.72 Å². The molecule has 0 aliphatic rings. The minimum Gasteiger partial charge on any atom is -0.331 e. The summed E-state index contributed by atoms with van der Waals surface area (Å²) in [5.74, 6) is 5.42. The van der Waals surface area contributed by atoms with E-state index in [9.17, 15) is 43.2 Å². The lowest BCUT2D eigenvalue weighted by atomic mass is 10.0. The van der Waals surface area contributed by atoms with Gasteiger partial charge >= 0.3 is 21.0 Å². The van der Waals surface area contributed by atoms with E-state index < -0.39 is 35.8 Å². The third kappa shape index (κ3) is 5.31. The van der Waals surface area contributed by atoms with Crippen molar-refractivity contribution in [2.45, 2.75) is 15.9 Å². The van der Waals surface area contributed by atoms with Gasteiger partial charge in [0.15, 0.2) is 5.82 Å². The molecule has 15 heteroatoms. The Morgan fingerprint density at radius 1 is 0.789 bits per heavy atom. The van der Waals surface area contributed by atoms with Crippen LogP contribution in [-0.2, 0) is 19.9 Å². The number of H-pyrrole nitrogens is 1. The Labute approximate surface area is 211 Å². The summed E-state index contributed by atoms with van der Waals surface area (Å²) in [7, 11) is -11.1. The molecule has 0 saturated carbocycles. The summed E-state index contributed by atoms with van der Waals surface area (Å²) in [5.41, 5.74) is -9.67. The van der Waals surface area contributed by atoms with E-state index in [-0.39, 0.29) is 22.6 Å². The van der Waals surface area contributed by atoms with Crippen molar-refractivity contribution in [3.8, 4) is 23.0 Å². The molecular weight excluding hydrogens is 560 g/mol. The van der Waals surface area contributed by atoms with Crippen LogP contribution >= 0.6 is 0 Å². The van der Waals surface area contributed by atoms with E-state index >= 15 is 0 Å². The number of para-hydroxylation sites is 1. The molecule has 4 aromatic rings. The average Bonchev–Trinajstić information content (AvgIpc) is 3.24. The van der Waals surface area contributed by atoms with Gasteiger partial charge in [-0.25, -0.2) is 13.4 Å². The van der Waals surface area contributed by atoms with Gasteiger partial charge in [-0.1, -0.05) is 30.2 Å². The van der Waals surface area contributed by atoms with Crippen LogP contribution in [-0.4, -0.2) is 37.8 Å². The van der Waals surface area contributed by atoms with Crippen LogP contribution in [0.1, 0.15) is 11.4 Å². The molecule has 0 unspecified atom stereocenters. The highest BCUT2D eigenvalue weighted by Crippen LogP contribution is 2.33. The molecule has 1 aromatic heterocycles. The number of rotatable bonds is 4. The Balaban J connectivity index is 1.62. The average molecular weight is 573 g/mol. The molecule has 0 saturated heterocycles. The Morgan fingerprint density at radius 3 is 2.08 bits per heavy atom. The zero-order valence-corrected chi connectivity index (χ0v) is 20.1. The van der Waals surface area contributed by atoms with Crippen LogP contribution in [0.5, 0.6) is 0 Å². The van der Waals surface area contributed by atoms with Gasteiger partial charge in [0.2, 0.25) is 0 Å². The van der Waals surface area contributed by atoms with Crippen molar-refractivity contribution in [3.05, 3.63) is 78.1 Å². The minimum atomic E-state index is -5.65. The molecule has 0 amide bonds. The SMILES string of the molecule is O=S(=O)(Nc1ccccc1-c1ccc2nc(C#Cc3ccc(S(=O)(=O)C(F)(F)F)cc3)[nH]c2c1)C(F)(F)F. The van der Waals surface area contributed by atoms with E-state index in [1.54, 1.807) is 0 Å². The predicted molar refractivity (Wildman–Crippen MR) is 126 cm³/mol. The topological polar surface area (TPSA) is 109 Å². The number of hydrogen-bond donors (Lipinski definition) is 2. The molecular formula is C23H13F6N3O4S2. The fourth-order valence-corrected chi connectivity index (χ4v) is 4.59. The van der Waals surface area contributed by atoms with Gasteiger partial charge in [-0.3, -0.25) is 4.72 Å². The van der Waals surface area contributed by atoms with Crippen LogP contribution in [0.25, 0.3) is 22.2 Å². The molecule has 1 heterocycles. The van der Waals surface area contributed by atoms with Crippen molar-refractivity contribution in [2.75, 3.05) is 4.72 Å². The number of sulfonamides is 1. The molecule has 0 spiro atoms. The largest absolute Gasteiger partial charge is 0.516 e. The number of benzene rings is 3. The summed E-state index contributed by atoms with van der Waals surface area (Å²) in [4.78, 5) is 6.18. The third-order valence-corrected chi connectivity index (χ3v) is 7.66. The van der Waals surface area contributed by atoms with Crippen molar-refractivity contribution in [1.82, 2.24) is 9.97 Å². The lowest BCUT2D eigenvalue weighted by Gasteiger charge is -2.14. The lowest BCUT2D eigenvalue weighted by molar-refractivity contribution is -0.0439. The van der Waals surface area contributed by atoms with Gasteiger partial charge in [-0.15, -0.1) is 0 Å². The lowest BCUT2D eigenvalue weighted by Crippen LogP contribution is -2.30. The van der Waals surface area contributed by atoms with E-state index in [2.05, 4.69) is 21.8 Å². The van der Waals surface area contributed by atoms with Gasteiger partial charge in [0.25, 0.3) is 9.84 Å². The van der Waals surface area contributed by atoms with Crippen molar-refractivity contribution in [3.63, 3.8) is 0 Å². The van der Waals surface area contributed by atoms with E-state index in [1.807, 2.05) is 0 Å². The fourth-order valence-electron chi connectivity index (χ4n) is 3.25. The zero-order chi connectivity index (χ0) is 27.9. The number of aromatic nitrogens is 2. The van der Waals surface area contributed by atoms with Crippen LogP contribution in [0.2, 0.25) is 0 Å². The fraction of sp³-hybridized carbons (Fsp3) is 0.0870. The molecule has 3 aromatic carbocycles. The number of nitrogens with one attached hydrogen (secondary N) is 2. The first-order chi connectivity index (χ1) is 17.6. The second-order valence-corrected chi connectivity index (χ2v) is 11.3. The van der Waals surface area contributed by atoms with Gasteiger partial charge in [-0.2, -0.15) is 34.8 Å². The second kappa shape index (κ2) is 9.37. The number of nitrogens with zero attached hydrogens (tertiary/aromatic N) is 1. The number of fused-ring (bicyclic) bond motifs is 1. The number of halogens is 6. The molecule has 7 nitrogen and oxygen atoms in total. The van der Waals surface area contributed by atoms with Crippen molar-refractivity contribution in [1.29, 1.82) is 0 Å². The molecule has 0 bridgehead atoms. The first-order valence-electron chi connectivity index (χ1n) is 10.2. The molecule has 2 N–H and O–H groups in total. The maximum atomic E-state index is 12.8. The number of sulfone groups is 1. The maximum Gasteiger partial charge on any atom is 0.516 e. The summed E-state index contributed by atoms with van der Waals surface area (Å²) >= 11 is 0. The number of aromatic amines is 1. The molecule has 198 valence electrons. The number of hydrogen-bond acceptors (Lipinski definition) is 5. The van der Waals surface area contributed by atoms with Crippen molar-refractivity contribution < 1.29 is 43.2 Å². The summed E-state index contributed by atoms with van der Waals surface area (Å²) in [6.07, 6.45) is 0. The smallest absolute Gasteiger partial charge is 0.331 e. The summed E-state index contributed by atoms with van der Waals surface area (Å²) in [6, 6.07) is 13.8. The summed E-state index contributed by atoms with van der Waals surface area (Å²) in [6.45, 7) is 0. The maximum absolute atomic E-state index is 12.8. The van der Waals surface area contributed by atoms with Gasteiger partial charge in [0.05, 0.1) is 21.6 Å². The molecule has 0 radical (unpaired) electrons. The highest BCUT2D eigenvalue weighted by Gasteiger charge is 2.47. The van der Waals surface area contributed by atoms with Gasteiger partial charge in [-0.05, 0) is 53.9 Å². The third-order valence-electron chi connectivity index (χ3n) is 5.06. The van der Waals surface area contributed by atoms with Gasteiger partial charge in [0, 0.05) is 11.1 Å². The highest BCUT2D eigenvalue weighted by atomic mass is 32.2. The number of anilines is 1. The van der Waals surface area contributed by atoms with E-state index in [4.69, 9.17) is 0 Å². The van der Waals surface area contributed by atoms with Crippen LogP contribution in [0.15, 0.2) is 71.6 Å². The Morgan fingerprint density at radius 2 is 1.45 bits per heavy atom. The minimum absolute atomic E-state index is 0.134. The number of imidazole rings is 1. The standard InChI is InChI=1S/C23H13F6N3O4S2/c24-22(25,26)37(33,34)16-9-5-14(6-10-16)7-12-21-30-19-11-8-15(13-20(19)31-21)17-3-1-2-4-18(17)32-38(35,36)23(27,28)29/h1-6,8-11,13,32H,(H,30,31). The second-order valence-electron chi connectivity index (χ2n) is 7.64. The Bertz CT molecular complexity index is 1800. The molecule has 4 rings (SSSR count). The Kier molecular flexibility index (Phi) is 6.66. The van der Waals surface area contributed by atoms with Crippen LogP contribution in [0, 0.1) is 11.8 Å². The van der Waals surface area contributed by atoms with Crippen LogP contribution in [0.4, 0.5) is 32.0 Å². The summed E-state index contributed by atoms with van der Waals surface area (Å²) < 4.78 is 124. The van der Waals surface area contributed by atoms with Crippen LogP contribution in [0.3, 0.4) is 0 Å². The summed E-state index contributed by atoms with van der Waals surface area (Å²) in [5, 5.41) is 0. The van der Waals surface area contributed by atoms with Crippen molar-refractivity contribution in [2.24, 2.45) is 0 Å². The molecule has 38 heavy (non-hydrogen) atoms. The quantitative estimate of drug-likeness (QED) is 0.258. The first-order valence-corrected chi connectivity index (χ1v) is 13.2. The molecule has 0 atom stereocenters. The van der Waals surface area contributed by atoms with Crippen molar-refractivity contribution >= 4 is 36.6 Å². The Hall–Kier alpha value is -4.03. The van der Waals surface area contributed by atoms with E-state index in [0.29, 0.717) is 16.6 Å². The monoisotopic (exact) mass is 573 g/mol. The first kappa shape index (κ1) is 27.0.